The highest BCUT2D eigenvalue weighted by molar-refractivity contribution is 7.99. The van der Waals surface area contributed by atoms with Gasteiger partial charge in [0.1, 0.15) is 17.2 Å². The Labute approximate surface area is 124 Å². The topological polar surface area (TPSA) is 116 Å². The van der Waals surface area contributed by atoms with Crippen molar-refractivity contribution in [3.8, 4) is 5.75 Å². The van der Waals surface area contributed by atoms with E-state index in [1.807, 2.05) is 0 Å². The summed E-state index contributed by atoms with van der Waals surface area (Å²) in [4.78, 5) is 36.0. The first-order chi connectivity index (χ1) is 9.99. The van der Waals surface area contributed by atoms with Crippen LogP contribution in [0.25, 0.3) is 0 Å². The van der Waals surface area contributed by atoms with Gasteiger partial charge >= 0.3 is 0 Å². The zero-order chi connectivity index (χ0) is 15.1. The molecule has 1 saturated heterocycles. The molecule has 0 bridgehead atoms. The fourth-order valence-electron chi connectivity index (χ4n) is 2.54. The molecule has 3 rings (SSSR count). The third-order valence-electron chi connectivity index (χ3n) is 3.46. The van der Waals surface area contributed by atoms with Crippen molar-refractivity contribution < 1.29 is 19.1 Å². The monoisotopic (exact) mass is 307 g/mol. The van der Waals surface area contributed by atoms with Crippen LogP contribution in [0.5, 0.6) is 5.75 Å². The summed E-state index contributed by atoms with van der Waals surface area (Å²) < 4.78 is 5.25. The number of nitrogens with two attached hydrogens (primary N) is 2. The molecule has 8 heteroatoms. The van der Waals surface area contributed by atoms with Gasteiger partial charge in [-0.3, -0.25) is 14.4 Å². The van der Waals surface area contributed by atoms with E-state index in [9.17, 15) is 14.4 Å². The Balaban J connectivity index is 1.90. The molecular formula is C13H13N3O4S. The molecule has 4 N–H and O–H groups in total. The lowest BCUT2D eigenvalue weighted by atomic mass is 10.1. The molecule has 2 aliphatic heterocycles. The molecule has 2 atom stereocenters. The van der Waals surface area contributed by atoms with Gasteiger partial charge < -0.3 is 21.1 Å². The van der Waals surface area contributed by atoms with Gasteiger partial charge in [-0.25, -0.2) is 0 Å². The lowest BCUT2D eigenvalue weighted by Crippen LogP contribution is -2.43. The second-order valence-electron chi connectivity index (χ2n) is 4.82. The SMILES string of the molecule is NC(=O)COc1ccc2c(c1)C1SCC(C(N)=O)N1C2=O. The second-order valence-corrected chi connectivity index (χ2v) is 5.93. The van der Waals surface area contributed by atoms with Crippen LogP contribution in [0.15, 0.2) is 18.2 Å². The van der Waals surface area contributed by atoms with E-state index in [1.165, 1.54) is 16.7 Å². The fourth-order valence-corrected chi connectivity index (χ4v) is 4.00. The van der Waals surface area contributed by atoms with Gasteiger partial charge in [-0.05, 0) is 18.2 Å². The number of hydrogen-bond acceptors (Lipinski definition) is 5. The number of nitrogens with zero attached hydrogens (tertiary/aromatic N) is 1. The van der Waals surface area contributed by atoms with E-state index in [1.54, 1.807) is 18.2 Å². The van der Waals surface area contributed by atoms with Crippen molar-refractivity contribution in [1.29, 1.82) is 0 Å². The molecule has 21 heavy (non-hydrogen) atoms. The molecule has 110 valence electrons. The number of carbonyl (C=O) groups excluding carboxylic acids is 3. The van der Waals surface area contributed by atoms with Crippen molar-refractivity contribution in [3.05, 3.63) is 29.3 Å². The van der Waals surface area contributed by atoms with Gasteiger partial charge in [-0.2, -0.15) is 0 Å². The molecule has 2 aliphatic rings. The van der Waals surface area contributed by atoms with E-state index in [4.69, 9.17) is 16.2 Å². The minimum atomic E-state index is -0.588. The zero-order valence-electron chi connectivity index (χ0n) is 10.9. The standard InChI is InChI=1S/C13H13N3O4S/c14-10(17)4-20-6-1-2-7-8(3-6)13-16(12(7)19)9(5-21-13)11(15)18/h1-3,9,13H,4-5H2,(H2,14,17)(H2,15,18). The number of thioether (sulfide) groups is 1. The summed E-state index contributed by atoms with van der Waals surface area (Å²) in [7, 11) is 0. The number of rotatable bonds is 4. The highest BCUT2D eigenvalue weighted by atomic mass is 32.2. The lowest BCUT2D eigenvalue weighted by Gasteiger charge is -2.20. The third-order valence-corrected chi connectivity index (χ3v) is 4.77. The van der Waals surface area contributed by atoms with Gasteiger partial charge in [0.2, 0.25) is 5.91 Å². The molecule has 0 aliphatic carbocycles. The highest BCUT2D eigenvalue weighted by Crippen LogP contribution is 2.48. The predicted molar refractivity (Wildman–Crippen MR) is 75.5 cm³/mol. The van der Waals surface area contributed by atoms with Crippen molar-refractivity contribution >= 4 is 29.5 Å². The van der Waals surface area contributed by atoms with Crippen LogP contribution in [0.4, 0.5) is 0 Å². The lowest BCUT2D eigenvalue weighted by molar-refractivity contribution is -0.121. The molecule has 3 amide bonds. The van der Waals surface area contributed by atoms with Crippen LogP contribution in [-0.4, -0.2) is 41.0 Å². The van der Waals surface area contributed by atoms with Crippen LogP contribution >= 0.6 is 11.8 Å². The summed E-state index contributed by atoms with van der Waals surface area (Å²) in [6.07, 6.45) is 0. The molecule has 0 aromatic heterocycles. The Morgan fingerprint density at radius 2 is 2.14 bits per heavy atom. The van der Waals surface area contributed by atoms with E-state index in [-0.39, 0.29) is 17.9 Å². The second kappa shape index (κ2) is 4.96. The van der Waals surface area contributed by atoms with E-state index in [2.05, 4.69) is 0 Å². The van der Waals surface area contributed by atoms with E-state index < -0.39 is 17.9 Å². The first-order valence-electron chi connectivity index (χ1n) is 6.27. The average molecular weight is 307 g/mol. The molecular weight excluding hydrogens is 294 g/mol. The Bertz CT molecular complexity index is 648. The van der Waals surface area contributed by atoms with Crippen molar-refractivity contribution in [2.24, 2.45) is 11.5 Å². The number of carbonyl (C=O) groups is 3. The maximum Gasteiger partial charge on any atom is 0.256 e. The largest absolute Gasteiger partial charge is 0.484 e. The van der Waals surface area contributed by atoms with Gasteiger partial charge in [-0.1, -0.05) is 0 Å². The molecule has 0 spiro atoms. The number of hydrogen-bond donors (Lipinski definition) is 2. The quantitative estimate of drug-likeness (QED) is 0.785. The average Bonchev–Trinajstić information content (AvgIpc) is 2.98. The smallest absolute Gasteiger partial charge is 0.256 e. The maximum atomic E-state index is 12.4. The fraction of sp³-hybridized carbons (Fsp3) is 0.308. The number of fused-ring (bicyclic) bond motifs is 3. The van der Waals surface area contributed by atoms with Crippen LogP contribution in [0.1, 0.15) is 21.3 Å². The Morgan fingerprint density at radius 1 is 1.38 bits per heavy atom. The van der Waals surface area contributed by atoms with Crippen molar-refractivity contribution in [3.63, 3.8) is 0 Å². The normalized spacial score (nSPS) is 22.9. The molecule has 0 saturated carbocycles. The van der Waals surface area contributed by atoms with Crippen LogP contribution in [0.3, 0.4) is 0 Å². The van der Waals surface area contributed by atoms with E-state index >= 15 is 0 Å². The van der Waals surface area contributed by atoms with E-state index in [0.29, 0.717) is 17.1 Å². The maximum absolute atomic E-state index is 12.4. The first kappa shape index (κ1) is 13.7. The summed E-state index contributed by atoms with van der Waals surface area (Å²) in [5.74, 6) is -0.332. The van der Waals surface area contributed by atoms with Crippen molar-refractivity contribution in [2.75, 3.05) is 12.4 Å². The predicted octanol–water partition coefficient (Wildman–Crippen LogP) is -0.394. The summed E-state index contributed by atoms with van der Waals surface area (Å²) in [5, 5.41) is -0.234. The Morgan fingerprint density at radius 3 is 2.81 bits per heavy atom. The Hall–Kier alpha value is -2.22. The highest BCUT2D eigenvalue weighted by Gasteiger charge is 2.47. The zero-order valence-corrected chi connectivity index (χ0v) is 11.8. The summed E-state index contributed by atoms with van der Waals surface area (Å²) in [6.45, 7) is -0.224. The Kier molecular flexibility index (Phi) is 3.25. The van der Waals surface area contributed by atoms with E-state index in [0.717, 1.165) is 5.56 Å². The van der Waals surface area contributed by atoms with Gasteiger partial charge in [0.15, 0.2) is 6.61 Å². The van der Waals surface area contributed by atoms with Crippen LogP contribution in [0, 0.1) is 0 Å². The molecule has 1 aromatic carbocycles. The summed E-state index contributed by atoms with van der Waals surface area (Å²) in [5.41, 5.74) is 11.7. The molecule has 1 fully saturated rings. The van der Waals surface area contributed by atoms with Gasteiger partial charge in [0.05, 0.1) is 0 Å². The number of primary amides is 2. The molecule has 2 heterocycles. The molecule has 2 unspecified atom stereocenters. The van der Waals surface area contributed by atoms with Crippen LogP contribution < -0.4 is 16.2 Å². The summed E-state index contributed by atoms with van der Waals surface area (Å²) >= 11 is 1.49. The molecule has 7 nitrogen and oxygen atoms in total. The van der Waals surface area contributed by atoms with Crippen molar-refractivity contribution in [2.45, 2.75) is 11.4 Å². The van der Waals surface area contributed by atoms with Crippen LogP contribution in [0.2, 0.25) is 0 Å². The molecule has 1 aromatic rings. The minimum Gasteiger partial charge on any atom is -0.484 e. The van der Waals surface area contributed by atoms with Crippen LogP contribution in [-0.2, 0) is 9.59 Å². The van der Waals surface area contributed by atoms with Gasteiger partial charge in [0.25, 0.3) is 11.8 Å². The van der Waals surface area contributed by atoms with Gasteiger partial charge in [0, 0.05) is 16.9 Å². The molecule has 0 radical (unpaired) electrons. The van der Waals surface area contributed by atoms with Crippen molar-refractivity contribution in [1.82, 2.24) is 4.90 Å². The third kappa shape index (κ3) is 2.21. The first-order valence-corrected chi connectivity index (χ1v) is 7.32. The number of amides is 3. The minimum absolute atomic E-state index is 0.203. The van der Waals surface area contributed by atoms with Gasteiger partial charge in [-0.15, -0.1) is 11.8 Å². The number of ether oxygens (including phenoxy) is 1. The summed E-state index contributed by atoms with van der Waals surface area (Å²) in [6, 6.07) is 4.35. The number of benzene rings is 1.